The third-order valence-corrected chi connectivity index (χ3v) is 1.67. The van der Waals surface area contributed by atoms with Crippen molar-refractivity contribution in [2.75, 3.05) is 0 Å². The second-order valence-electron chi connectivity index (χ2n) is 3.03. The van der Waals surface area contributed by atoms with Crippen LogP contribution in [-0.2, 0) is 9.59 Å². The number of hydrogen-bond donors (Lipinski definition) is 0. The van der Waals surface area contributed by atoms with Crippen LogP contribution in [0, 0.1) is 5.41 Å². The molecule has 0 atom stereocenters. The maximum atomic E-state index is 11.1. The molecule has 0 amide bonds. The van der Waals surface area contributed by atoms with Crippen molar-refractivity contribution in [1.29, 1.82) is 0 Å². The van der Waals surface area contributed by atoms with Crippen molar-refractivity contribution >= 4 is 12.1 Å². The van der Waals surface area contributed by atoms with Crippen molar-refractivity contribution in [1.82, 2.24) is 0 Å². The van der Waals surface area contributed by atoms with E-state index in [4.69, 9.17) is 0 Å². The van der Waals surface area contributed by atoms with Crippen molar-refractivity contribution in [3.63, 3.8) is 0 Å². The highest BCUT2D eigenvalue weighted by molar-refractivity contribution is 5.85. The van der Waals surface area contributed by atoms with E-state index in [9.17, 15) is 9.59 Å². The normalized spacial score (nSPS) is 11.1. The SMILES string of the molecule is CCC(=O)C(C)(C)CC=O. The van der Waals surface area contributed by atoms with Crippen LogP contribution >= 0.6 is 0 Å². The van der Waals surface area contributed by atoms with Gasteiger partial charge in [0.1, 0.15) is 12.1 Å². The van der Waals surface area contributed by atoms with Gasteiger partial charge in [0, 0.05) is 18.3 Å². The lowest BCUT2D eigenvalue weighted by molar-refractivity contribution is -0.129. The molecule has 2 heteroatoms. The third kappa shape index (κ3) is 2.29. The van der Waals surface area contributed by atoms with Crippen LogP contribution in [0.5, 0.6) is 0 Å². The molecule has 0 aromatic carbocycles. The monoisotopic (exact) mass is 142 g/mol. The summed E-state index contributed by atoms with van der Waals surface area (Å²) in [7, 11) is 0. The lowest BCUT2D eigenvalue weighted by Gasteiger charge is -2.18. The molecular weight excluding hydrogens is 128 g/mol. The van der Waals surface area contributed by atoms with E-state index in [0.717, 1.165) is 6.29 Å². The fraction of sp³-hybridized carbons (Fsp3) is 0.750. The Morgan fingerprint density at radius 1 is 1.50 bits per heavy atom. The average Bonchev–Trinajstić information content (AvgIpc) is 1.86. The summed E-state index contributed by atoms with van der Waals surface area (Å²) in [6, 6.07) is 0. The van der Waals surface area contributed by atoms with Crippen molar-refractivity contribution in [3.8, 4) is 0 Å². The van der Waals surface area contributed by atoms with Gasteiger partial charge in [-0.3, -0.25) is 4.79 Å². The third-order valence-electron chi connectivity index (χ3n) is 1.67. The topological polar surface area (TPSA) is 34.1 Å². The molecule has 0 bridgehead atoms. The second kappa shape index (κ2) is 3.49. The van der Waals surface area contributed by atoms with Crippen LogP contribution in [0.3, 0.4) is 0 Å². The number of Topliss-reactive ketones (excluding diaryl/α,β-unsaturated/α-hetero) is 1. The minimum Gasteiger partial charge on any atom is -0.303 e. The minimum absolute atomic E-state index is 0.152. The fourth-order valence-corrected chi connectivity index (χ4v) is 0.801. The van der Waals surface area contributed by atoms with Crippen molar-refractivity contribution in [2.45, 2.75) is 33.6 Å². The first-order chi connectivity index (χ1) is 4.54. The van der Waals surface area contributed by atoms with E-state index < -0.39 is 5.41 Å². The van der Waals surface area contributed by atoms with Crippen molar-refractivity contribution in [2.24, 2.45) is 5.41 Å². The Balaban J connectivity index is 4.08. The summed E-state index contributed by atoms with van der Waals surface area (Å²) in [5, 5.41) is 0. The molecule has 2 nitrogen and oxygen atoms in total. The molecule has 10 heavy (non-hydrogen) atoms. The highest BCUT2D eigenvalue weighted by Crippen LogP contribution is 2.21. The van der Waals surface area contributed by atoms with Gasteiger partial charge in [0.15, 0.2) is 0 Å². The van der Waals surface area contributed by atoms with Crippen LogP contribution in [0.4, 0.5) is 0 Å². The van der Waals surface area contributed by atoms with E-state index in [-0.39, 0.29) is 5.78 Å². The molecule has 58 valence electrons. The number of aldehydes is 1. The van der Waals surface area contributed by atoms with Gasteiger partial charge in [-0.15, -0.1) is 0 Å². The van der Waals surface area contributed by atoms with Crippen LogP contribution in [0.1, 0.15) is 33.6 Å². The zero-order valence-electron chi connectivity index (χ0n) is 6.81. The smallest absolute Gasteiger partial charge is 0.138 e. The first kappa shape index (κ1) is 9.34. The molecule has 0 aromatic heterocycles. The Kier molecular flexibility index (Phi) is 3.26. The Bertz CT molecular complexity index is 136. The molecular formula is C8H14O2. The van der Waals surface area contributed by atoms with Gasteiger partial charge in [-0.25, -0.2) is 0 Å². The summed E-state index contributed by atoms with van der Waals surface area (Å²) in [6.07, 6.45) is 1.65. The second-order valence-corrected chi connectivity index (χ2v) is 3.03. The molecule has 0 unspecified atom stereocenters. The van der Waals surface area contributed by atoms with E-state index in [1.165, 1.54) is 0 Å². The molecule has 0 rings (SSSR count). The molecule has 0 heterocycles. The Morgan fingerprint density at radius 3 is 2.30 bits per heavy atom. The first-order valence-corrected chi connectivity index (χ1v) is 3.51. The van der Waals surface area contributed by atoms with Crippen LogP contribution in [0.2, 0.25) is 0 Å². The molecule has 0 spiro atoms. The highest BCUT2D eigenvalue weighted by atomic mass is 16.1. The van der Waals surface area contributed by atoms with E-state index >= 15 is 0 Å². The maximum absolute atomic E-state index is 11.1. The quantitative estimate of drug-likeness (QED) is 0.558. The van der Waals surface area contributed by atoms with Gasteiger partial charge < -0.3 is 4.79 Å². The summed E-state index contributed by atoms with van der Waals surface area (Å²) in [5.41, 5.74) is -0.448. The number of carbonyl (C=O) groups excluding carboxylic acids is 2. The highest BCUT2D eigenvalue weighted by Gasteiger charge is 2.24. The molecule has 0 fully saturated rings. The average molecular weight is 142 g/mol. The fourth-order valence-electron chi connectivity index (χ4n) is 0.801. The van der Waals surface area contributed by atoms with Crippen LogP contribution in [0.25, 0.3) is 0 Å². The van der Waals surface area contributed by atoms with E-state index in [2.05, 4.69) is 0 Å². The summed E-state index contributed by atoms with van der Waals surface area (Å²) < 4.78 is 0. The molecule has 0 aromatic rings. The predicted octanol–water partition coefficient (Wildman–Crippen LogP) is 1.58. The van der Waals surface area contributed by atoms with Crippen molar-refractivity contribution in [3.05, 3.63) is 0 Å². The van der Waals surface area contributed by atoms with Gasteiger partial charge in [-0.05, 0) is 0 Å². The zero-order chi connectivity index (χ0) is 8.20. The van der Waals surface area contributed by atoms with Gasteiger partial charge in [-0.2, -0.15) is 0 Å². The lowest BCUT2D eigenvalue weighted by atomic mass is 9.84. The molecule has 0 radical (unpaired) electrons. The molecule has 0 saturated heterocycles. The van der Waals surface area contributed by atoms with Gasteiger partial charge in [0.25, 0.3) is 0 Å². The number of carbonyl (C=O) groups is 2. The summed E-state index contributed by atoms with van der Waals surface area (Å²) >= 11 is 0. The molecule has 0 aliphatic heterocycles. The van der Waals surface area contributed by atoms with Crippen LogP contribution < -0.4 is 0 Å². The van der Waals surface area contributed by atoms with Gasteiger partial charge in [0.05, 0.1) is 0 Å². The first-order valence-electron chi connectivity index (χ1n) is 3.51. The summed E-state index contributed by atoms with van der Waals surface area (Å²) in [4.78, 5) is 21.2. The van der Waals surface area contributed by atoms with E-state index in [0.29, 0.717) is 12.8 Å². The zero-order valence-corrected chi connectivity index (χ0v) is 6.81. The Labute approximate surface area is 61.6 Å². The minimum atomic E-state index is -0.448. The van der Waals surface area contributed by atoms with Crippen LogP contribution in [-0.4, -0.2) is 12.1 Å². The number of ketones is 1. The summed E-state index contributed by atoms with van der Waals surface area (Å²) in [5.74, 6) is 0.152. The molecule has 0 saturated carbocycles. The lowest BCUT2D eigenvalue weighted by Crippen LogP contribution is -2.23. The predicted molar refractivity (Wildman–Crippen MR) is 39.8 cm³/mol. The van der Waals surface area contributed by atoms with Crippen molar-refractivity contribution < 1.29 is 9.59 Å². The maximum Gasteiger partial charge on any atom is 0.138 e. The van der Waals surface area contributed by atoms with Gasteiger partial charge in [0.2, 0.25) is 0 Å². The number of rotatable bonds is 4. The Hall–Kier alpha value is -0.660. The largest absolute Gasteiger partial charge is 0.303 e. The standard InChI is InChI=1S/C8H14O2/c1-4-7(10)8(2,3)5-6-9/h6H,4-5H2,1-3H3. The summed E-state index contributed by atoms with van der Waals surface area (Å²) in [6.45, 7) is 5.41. The molecule has 0 aliphatic carbocycles. The molecule has 0 N–H and O–H groups in total. The van der Waals surface area contributed by atoms with Crippen LogP contribution in [0.15, 0.2) is 0 Å². The van der Waals surface area contributed by atoms with Gasteiger partial charge >= 0.3 is 0 Å². The van der Waals surface area contributed by atoms with Gasteiger partial charge in [-0.1, -0.05) is 20.8 Å². The van der Waals surface area contributed by atoms with E-state index in [1.807, 2.05) is 6.92 Å². The Morgan fingerprint density at radius 2 is 2.00 bits per heavy atom. The number of hydrogen-bond acceptors (Lipinski definition) is 2. The molecule has 0 aliphatic rings. The van der Waals surface area contributed by atoms with E-state index in [1.54, 1.807) is 13.8 Å².